The summed E-state index contributed by atoms with van der Waals surface area (Å²) in [4.78, 5) is 11.6. The summed E-state index contributed by atoms with van der Waals surface area (Å²) in [5.74, 6) is -0.681. The number of nitrogens with one attached hydrogen (secondary N) is 1. The first-order chi connectivity index (χ1) is 11.3. The first-order valence-corrected chi connectivity index (χ1v) is 7.22. The number of carbonyl (C=O) groups is 1. The molecule has 0 radical (unpaired) electrons. The number of rotatable bonds is 5. The molecule has 126 valence electrons. The summed E-state index contributed by atoms with van der Waals surface area (Å²) in [6.45, 7) is 0.304. The summed E-state index contributed by atoms with van der Waals surface area (Å²) in [6.07, 6.45) is -1.06. The van der Waals surface area contributed by atoms with Crippen LogP contribution < -0.4 is 5.32 Å². The Labute approximate surface area is 136 Å². The molecule has 0 aliphatic rings. The maximum atomic E-state index is 12.7. The Kier molecular flexibility index (Phi) is 5.73. The maximum Gasteiger partial charge on any atom is 0.416 e. The minimum atomic E-state index is -4.35. The van der Waals surface area contributed by atoms with Crippen LogP contribution in [0, 0.1) is 5.82 Å². The molecular formula is C18H15F4NO. The van der Waals surface area contributed by atoms with Crippen LogP contribution in [0.1, 0.15) is 16.7 Å². The molecular weight excluding hydrogens is 322 g/mol. The zero-order valence-electron chi connectivity index (χ0n) is 12.6. The van der Waals surface area contributed by atoms with E-state index in [0.717, 1.165) is 12.1 Å². The van der Waals surface area contributed by atoms with E-state index >= 15 is 0 Å². The third-order valence-electron chi connectivity index (χ3n) is 3.29. The number of amides is 1. The molecule has 0 heterocycles. The molecule has 6 heteroatoms. The lowest BCUT2D eigenvalue weighted by Crippen LogP contribution is -2.23. The number of halogens is 4. The molecule has 0 atom stereocenters. The largest absolute Gasteiger partial charge is 0.416 e. The summed E-state index contributed by atoms with van der Waals surface area (Å²) in [6, 6.07) is 10.5. The molecule has 2 aromatic rings. The fraction of sp³-hybridized carbons (Fsp3) is 0.167. The van der Waals surface area contributed by atoms with Crippen molar-refractivity contribution in [3.05, 3.63) is 77.1 Å². The molecule has 2 aromatic carbocycles. The molecule has 0 fully saturated rings. The Hall–Kier alpha value is -2.63. The average Bonchev–Trinajstić information content (AvgIpc) is 2.54. The lowest BCUT2D eigenvalue weighted by molar-refractivity contribution is -0.137. The number of hydrogen-bond donors (Lipinski definition) is 1. The van der Waals surface area contributed by atoms with Crippen molar-refractivity contribution in [3.8, 4) is 0 Å². The molecule has 0 saturated heterocycles. The molecule has 0 aromatic heterocycles. The number of carbonyl (C=O) groups excluding carboxylic acids is 1. The normalized spacial score (nSPS) is 11.7. The highest BCUT2D eigenvalue weighted by Gasteiger charge is 2.29. The molecule has 0 spiro atoms. The summed E-state index contributed by atoms with van der Waals surface area (Å²) in [5.41, 5.74) is 0.692. The van der Waals surface area contributed by atoms with Gasteiger partial charge in [0.2, 0.25) is 5.91 Å². The van der Waals surface area contributed by atoms with E-state index in [2.05, 4.69) is 5.32 Å². The third kappa shape index (κ3) is 5.53. The van der Waals surface area contributed by atoms with Gasteiger partial charge in [-0.3, -0.25) is 4.79 Å². The van der Waals surface area contributed by atoms with E-state index < -0.39 is 11.7 Å². The predicted molar refractivity (Wildman–Crippen MR) is 83.6 cm³/mol. The van der Waals surface area contributed by atoms with Gasteiger partial charge < -0.3 is 5.32 Å². The van der Waals surface area contributed by atoms with Crippen LogP contribution in [0.3, 0.4) is 0 Å². The second-order valence-corrected chi connectivity index (χ2v) is 5.12. The highest BCUT2D eigenvalue weighted by atomic mass is 19.4. The fourth-order valence-corrected chi connectivity index (χ4v) is 2.00. The van der Waals surface area contributed by atoms with Crippen molar-refractivity contribution in [2.24, 2.45) is 0 Å². The zero-order chi connectivity index (χ0) is 17.6. The number of hydrogen-bond acceptors (Lipinski definition) is 1. The first-order valence-electron chi connectivity index (χ1n) is 7.22. The van der Waals surface area contributed by atoms with Gasteiger partial charge >= 0.3 is 6.18 Å². The van der Waals surface area contributed by atoms with Gasteiger partial charge in [0, 0.05) is 12.6 Å². The molecule has 0 bridgehead atoms. The van der Waals surface area contributed by atoms with Gasteiger partial charge in [-0.2, -0.15) is 13.2 Å². The molecule has 2 nitrogen and oxygen atoms in total. The van der Waals surface area contributed by atoms with Gasteiger partial charge in [-0.1, -0.05) is 24.3 Å². The quantitative estimate of drug-likeness (QED) is 0.642. The minimum Gasteiger partial charge on any atom is -0.352 e. The molecule has 1 N–H and O–H groups in total. The Bertz CT molecular complexity index is 703. The van der Waals surface area contributed by atoms with Crippen LogP contribution in [0.4, 0.5) is 17.6 Å². The highest BCUT2D eigenvalue weighted by molar-refractivity contribution is 5.91. The standard InChI is InChI=1S/C18H15F4NO/c19-16-8-3-13(4-9-16)5-10-17(24)23-12-11-14-1-6-15(7-2-14)18(20,21)22/h1-10H,11-12H2,(H,23,24)/b10-5+. The van der Waals surface area contributed by atoms with E-state index in [1.807, 2.05) is 0 Å². The number of alkyl halides is 3. The predicted octanol–water partition coefficient (Wildman–Crippen LogP) is 4.22. The van der Waals surface area contributed by atoms with Crippen molar-refractivity contribution in [2.75, 3.05) is 6.54 Å². The first kappa shape index (κ1) is 17.7. The van der Waals surface area contributed by atoms with Gasteiger partial charge in [-0.15, -0.1) is 0 Å². The zero-order valence-corrected chi connectivity index (χ0v) is 12.6. The SMILES string of the molecule is O=C(/C=C/c1ccc(F)cc1)NCCc1ccc(C(F)(F)F)cc1. The molecule has 2 rings (SSSR count). The Morgan fingerprint density at radius 2 is 1.62 bits per heavy atom. The monoisotopic (exact) mass is 337 g/mol. The van der Waals surface area contributed by atoms with Gasteiger partial charge in [0.1, 0.15) is 5.82 Å². The van der Waals surface area contributed by atoms with Gasteiger partial charge in [0.05, 0.1) is 5.56 Å². The molecule has 0 aliphatic carbocycles. The summed E-state index contributed by atoms with van der Waals surface area (Å²) in [7, 11) is 0. The summed E-state index contributed by atoms with van der Waals surface area (Å²) < 4.78 is 50.1. The lowest BCUT2D eigenvalue weighted by Gasteiger charge is -2.07. The third-order valence-corrected chi connectivity index (χ3v) is 3.29. The second-order valence-electron chi connectivity index (χ2n) is 5.12. The average molecular weight is 337 g/mol. The molecule has 0 aliphatic heterocycles. The van der Waals surface area contributed by atoms with Crippen LogP contribution >= 0.6 is 0 Å². The van der Waals surface area contributed by atoms with Gasteiger partial charge in [0.25, 0.3) is 0 Å². The molecule has 24 heavy (non-hydrogen) atoms. The van der Waals surface area contributed by atoms with Crippen molar-refractivity contribution in [1.29, 1.82) is 0 Å². The van der Waals surface area contributed by atoms with Crippen molar-refractivity contribution in [3.63, 3.8) is 0 Å². The van der Waals surface area contributed by atoms with Crippen LogP contribution in [0.5, 0.6) is 0 Å². The molecule has 0 unspecified atom stereocenters. The molecule has 1 amide bonds. The Balaban J connectivity index is 1.79. The Morgan fingerprint density at radius 1 is 1.00 bits per heavy atom. The van der Waals surface area contributed by atoms with Crippen molar-refractivity contribution in [1.82, 2.24) is 5.32 Å². The van der Waals surface area contributed by atoms with Gasteiger partial charge in [-0.25, -0.2) is 4.39 Å². The van der Waals surface area contributed by atoms with E-state index in [1.165, 1.54) is 30.3 Å². The minimum absolute atomic E-state index is 0.304. The number of benzene rings is 2. The van der Waals surface area contributed by atoms with Crippen LogP contribution in [-0.4, -0.2) is 12.5 Å². The van der Waals surface area contributed by atoms with Crippen LogP contribution in [0.15, 0.2) is 54.6 Å². The van der Waals surface area contributed by atoms with Crippen LogP contribution in [0.2, 0.25) is 0 Å². The van der Waals surface area contributed by atoms with Crippen LogP contribution in [0.25, 0.3) is 6.08 Å². The van der Waals surface area contributed by atoms with E-state index in [4.69, 9.17) is 0 Å². The van der Waals surface area contributed by atoms with Gasteiger partial charge in [0.15, 0.2) is 0 Å². The highest BCUT2D eigenvalue weighted by Crippen LogP contribution is 2.29. The fourth-order valence-electron chi connectivity index (χ4n) is 2.00. The van der Waals surface area contributed by atoms with E-state index in [1.54, 1.807) is 18.2 Å². The second kappa shape index (κ2) is 7.77. The van der Waals surface area contributed by atoms with E-state index in [-0.39, 0.29) is 11.7 Å². The smallest absolute Gasteiger partial charge is 0.352 e. The molecule has 0 saturated carbocycles. The van der Waals surface area contributed by atoms with Crippen molar-refractivity contribution < 1.29 is 22.4 Å². The van der Waals surface area contributed by atoms with E-state index in [9.17, 15) is 22.4 Å². The maximum absolute atomic E-state index is 12.7. The lowest BCUT2D eigenvalue weighted by atomic mass is 10.1. The topological polar surface area (TPSA) is 29.1 Å². The van der Waals surface area contributed by atoms with Gasteiger partial charge in [-0.05, 0) is 47.9 Å². The van der Waals surface area contributed by atoms with Crippen molar-refractivity contribution in [2.45, 2.75) is 12.6 Å². The summed E-state index contributed by atoms with van der Waals surface area (Å²) >= 11 is 0. The summed E-state index contributed by atoms with van der Waals surface area (Å²) in [5, 5.41) is 2.64. The van der Waals surface area contributed by atoms with Crippen LogP contribution in [-0.2, 0) is 17.4 Å². The van der Waals surface area contributed by atoms with Crippen molar-refractivity contribution >= 4 is 12.0 Å². The van der Waals surface area contributed by atoms with E-state index in [0.29, 0.717) is 24.1 Å². The Morgan fingerprint density at radius 3 is 2.21 bits per heavy atom.